The van der Waals surface area contributed by atoms with Crippen molar-refractivity contribution in [3.63, 3.8) is 0 Å². The second-order valence-electron chi connectivity index (χ2n) is 25.8. The first-order chi connectivity index (χ1) is 45.5. The fraction of sp³-hybridized carbons (Fsp3) is 0.479. The zero-order valence-corrected chi connectivity index (χ0v) is 81.7. The molecule has 3 unspecified atom stereocenters. The van der Waals surface area contributed by atoms with Crippen LogP contribution in [-0.2, 0) is 72.8 Å². The Morgan fingerprint density at radius 2 is 0.798 bits per heavy atom. The molecule has 0 radical (unpaired) electrons. The minimum absolute atomic E-state index is 0. The molecule has 0 fully saturated rings. The normalized spacial score (nSPS) is 15.9. The zero-order chi connectivity index (χ0) is 75.2. The molecule has 6 rings (SSSR count). The molecule has 99 heavy (non-hydrogen) atoms. The van der Waals surface area contributed by atoms with Crippen LogP contribution in [0.5, 0.6) is 0 Å². The fourth-order valence-electron chi connectivity index (χ4n) is 11.6. The maximum atomic E-state index is 14.4. The number of aryl methyl sites for hydroxylation is 4. The minimum atomic E-state index is -3.82. The molecule has 12 nitrogen and oxygen atoms in total. The summed E-state index contributed by atoms with van der Waals surface area (Å²) in [5.74, 6) is -0.802. The number of rotatable bonds is 23. The van der Waals surface area contributed by atoms with Crippen LogP contribution in [0.4, 0.5) is 0 Å². The summed E-state index contributed by atoms with van der Waals surface area (Å²) in [5.41, 5.74) is 10.9. The Kier molecular flexibility index (Phi) is 49.5. The van der Waals surface area contributed by atoms with Gasteiger partial charge >= 0.3 is 126 Å². The number of carbonyl (C=O) groups is 2. The molecule has 3 atom stereocenters. The van der Waals surface area contributed by atoms with Gasteiger partial charge in [0.05, 0.1) is 41.1 Å². The topological polar surface area (TPSA) is 189 Å². The van der Waals surface area contributed by atoms with Crippen LogP contribution in [-0.4, -0.2) is 85.7 Å². The van der Waals surface area contributed by atoms with E-state index in [9.17, 15) is 43.3 Å². The predicted molar refractivity (Wildman–Crippen MR) is 471 cm³/mol. The molecule has 0 bridgehead atoms. The summed E-state index contributed by atoms with van der Waals surface area (Å²) in [7, 11) is -14.2. The van der Waals surface area contributed by atoms with E-state index < -0.39 is 61.1 Å². The Bertz CT molecular complexity index is 3870. The summed E-state index contributed by atoms with van der Waals surface area (Å²) in [5, 5.41) is -1.65. The number of carbonyl (C=O) groups excluding carboxylic acids is 2. The molecular weight excluding hydrogens is 2270 g/mol. The van der Waals surface area contributed by atoms with Crippen molar-refractivity contribution < 1.29 is 67.1 Å². The quantitative estimate of drug-likeness (QED) is 0.0296. The number of hydrogen-bond donors (Lipinski definition) is 0. The first kappa shape index (κ1) is 99.8. The summed E-state index contributed by atoms with van der Waals surface area (Å²) in [6.45, 7) is 30.9. The number of hydrogen-bond acceptors (Lipinski definition) is 12. The molecule has 0 saturated carbocycles. The van der Waals surface area contributed by atoms with Crippen molar-refractivity contribution in [2.75, 3.05) is 24.3 Å². The Balaban J connectivity index is 0.00000155. The van der Waals surface area contributed by atoms with E-state index >= 15 is 0 Å². The van der Waals surface area contributed by atoms with Gasteiger partial charge in [0.1, 0.15) is 13.2 Å². The molecule has 0 aliphatic heterocycles. The third-order valence-electron chi connectivity index (χ3n) is 16.6. The number of benzene rings is 4. The van der Waals surface area contributed by atoms with Crippen molar-refractivity contribution in [2.45, 2.75) is 211 Å². The monoisotopic (exact) mass is 2370 g/mol. The van der Waals surface area contributed by atoms with Crippen molar-refractivity contribution in [2.24, 2.45) is 10.8 Å². The molecule has 0 N–H and O–H groups in total. The third-order valence-corrected chi connectivity index (χ3v) is 25.3. The number of allylic oxidation sites excluding steroid dienone is 6. The van der Waals surface area contributed by atoms with Crippen LogP contribution in [0.25, 0.3) is 0 Å². The Morgan fingerprint density at radius 3 is 1.11 bits per heavy atom. The number of alkyl halides is 1. The van der Waals surface area contributed by atoms with E-state index in [1.807, 2.05) is 92.7 Å². The first-order valence-electron chi connectivity index (χ1n) is 31.4. The standard InChI is InChI=1S/C36H48O6S2.C29H38O4S2.C7H11BrO2.CH4.I2.5HI.2V/c1-25-11-15-31(16-12-25)43(38,39)33(22-27(3)19-21-42-30(6)37)23-28(4)24-34(35-29(5)10-9-20-36(35,7)8)44(40,41)32-17-13-26(2)14-18-32;1-21-9-13-25(14-10-21)34(30,31)19-17-23(3)20-27(28-24(4)8-7-18-29(28,5)6)35(32,33)26-15-11-22(2)12-16-26;1-6(5-8)3-4-10-7(2)9;;1-2;;;;;;;/h11-19,23,33-34H,9-10,20-22,24H2,1-8H3;9-17,27H,7-8,18-20H2,1-6H3;3H,4-5H2,1-2H3;1H4;;5*1H;;/q;;;;;;;;;;+2;+3/p-5. The van der Waals surface area contributed by atoms with Gasteiger partial charge in [-0.2, -0.15) is 0 Å². The van der Waals surface area contributed by atoms with Crippen molar-refractivity contribution in [3.8, 4) is 0 Å². The molecule has 26 heteroatoms. The molecule has 0 aromatic heterocycles. The van der Waals surface area contributed by atoms with Crippen LogP contribution in [0.2, 0.25) is 0 Å². The Morgan fingerprint density at radius 1 is 0.505 bits per heavy atom. The van der Waals surface area contributed by atoms with Crippen LogP contribution in [0.15, 0.2) is 186 Å². The number of esters is 2. The number of ether oxygens (including phenoxy) is 2. The van der Waals surface area contributed by atoms with E-state index in [0.29, 0.717) is 26.5 Å². The molecule has 4 aromatic carbocycles. The summed E-state index contributed by atoms with van der Waals surface area (Å²) in [4.78, 5) is 22.3. The van der Waals surface area contributed by atoms with E-state index in [-0.39, 0.29) is 75.5 Å². The third kappa shape index (κ3) is 35.8. The van der Waals surface area contributed by atoms with Crippen LogP contribution >= 0.6 is 153 Å². The van der Waals surface area contributed by atoms with Gasteiger partial charge in [0.15, 0.2) is 39.3 Å². The van der Waals surface area contributed by atoms with Gasteiger partial charge in [-0.05, 0) is 210 Å². The van der Waals surface area contributed by atoms with Gasteiger partial charge in [-0.25, -0.2) is 33.7 Å². The van der Waals surface area contributed by atoms with Gasteiger partial charge < -0.3 is 9.47 Å². The zero-order valence-electron chi connectivity index (χ0n) is 58.9. The van der Waals surface area contributed by atoms with E-state index in [1.165, 1.54) is 19.4 Å². The van der Waals surface area contributed by atoms with E-state index in [2.05, 4.69) is 192 Å². The molecular formula is C73H101BrI7O12S4V2. The van der Waals surface area contributed by atoms with Crippen molar-refractivity contribution in [1.82, 2.24) is 0 Å². The molecule has 4 aromatic rings. The molecule has 0 saturated heterocycles. The Labute approximate surface area is 695 Å². The van der Waals surface area contributed by atoms with Crippen molar-refractivity contribution in [1.29, 1.82) is 0 Å². The van der Waals surface area contributed by atoms with Gasteiger partial charge in [-0.3, -0.25) is 9.59 Å². The van der Waals surface area contributed by atoms with Gasteiger partial charge in [-0.1, -0.05) is 167 Å². The molecule has 0 amide bonds. The van der Waals surface area contributed by atoms with E-state index in [0.717, 1.165) is 99.5 Å². The van der Waals surface area contributed by atoms with Crippen molar-refractivity contribution >= 4 is 204 Å². The summed E-state index contributed by atoms with van der Waals surface area (Å²) >= 11 is 19.6. The molecule has 555 valence electrons. The van der Waals surface area contributed by atoms with Gasteiger partial charge in [0, 0.05) is 56.4 Å². The number of sulfone groups is 4. The van der Waals surface area contributed by atoms with Gasteiger partial charge in [0.25, 0.3) is 0 Å². The van der Waals surface area contributed by atoms with Crippen LogP contribution in [0.3, 0.4) is 0 Å². The SMILES string of the molecule is C.CC(=CCS(=O)(=O)c1ccc(C)cc1)CC(C1=C(C)CCCC1(C)C)S(=O)(=O)c1ccc(C)cc1.CC(=O)OCC=C(C)CBr.CC(=O)OCC=C(C)CC(C=C(C)CC(C1=C(C)CCCC1(C)C)S(=O)(=O)c1ccc(C)cc1)S(=O)(=O)c1ccc(C)cc1.II.[I][V]([I])[I].[I][V][I]. The van der Waals surface area contributed by atoms with Crippen LogP contribution < -0.4 is 0 Å². The first-order valence-corrected chi connectivity index (χ1v) is 67.7. The van der Waals surface area contributed by atoms with E-state index in [4.69, 9.17) is 4.74 Å². The average molecular weight is 2370 g/mol. The Hall–Kier alpha value is 0.819. The predicted octanol–water partition coefficient (Wildman–Crippen LogP) is 23.6. The summed E-state index contributed by atoms with van der Waals surface area (Å²) in [6, 6.07) is 27.6. The van der Waals surface area contributed by atoms with Gasteiger partial charge in [-0.15, -0.1) is 0 Å². The summed E-state index contributed by atoms with van der Waals surface area (Å²) < 4.78 is 120. The molecule has 0 spiro atoms. The molecule has 0 heterocycles. The van der Waals surface area contributed by atoms with E-state index in [1.54, 1.807) is 91.0 Å². The molecule has 2 aliphatic carbocycles. The van der Waals surface area contributed by atoms with Gasteiger partial charge in [0.2, 0.25) is 0 Å². The van der Waals surface area contributed by atoms with Crippen molar-refractivity contribution in [3.05, 3.63) is 188 Å². The second-order valence-corrected chi connectivity index (χ2v) is 82.0. The number of halogens is 8. The average Bonchev–Trinajstić information content (AvgIpc) is 0.766. The summed E-state index contributed by atoms with van der Waals surface area (Å²) in [6.07, 6.45) is 13.2. The van der Waals surface area contributed by atoms with Crippen LogP contribution in [0, 0.1) is 38.5 Å². The van der Waals surface area contributed by atoms with Crippen LogP contribution in [0.1, 0.15) is 171 Å². The second kappa shape index (κ2) is 49.1. The molecule has 2 aliphatic rings. The maximum absolute atomic E-state index is 14.4. The fourth-order valence-corrected chi connectivity index (χ4v) is 19.1.